The minimum atomic E-state index is -0.213. The number of amides is 1. The minimum absolute atomic E-state index is 0.115. The molecule has 0 heterocycles. The van der Waals surface area contributed by atoms with Gasteiger partial charge in [0.25, 0.3) is 0 Å². The largest absolute Gasteiger partial charge is 0.493 e. The molecule has 0 radical (unpaired) electrons. The molecule has 5 heteroatoms. The zero-order chi connectivity index (χ0) is 15.9. The molecule has 0 saturated heterocycles. The van der Waals surface area contributed by atoms with Gasteiger partial charge in [-0.3, -0.25) is 4.79 Å². The first-order valence-corrected chi connectivity index (χ1v) is 7.51. The zero-order valence-electron chi connectivity index (χ0n) is 13.0. The molecule has 1 amide bonds. The summed E-state index contributed by atoms with van der Waals surface area (Å²) in [5, 5.41) is 12.4. The van der Waals surface area contributed by atoms with Crippen LogP contribution in [0.4, 0.5) is 0 Å². The molecular weight excluding hydrogens is 282 g/mol. The number of rotatable bonds is 5. The van der Waals surface area contributed by atoms with Crippen molar-refractivity contribution >= 4 is 12.0 Å². The average Bonchev–Trinajstić information content (AvgIpc) is 2.54. The molecule has 5 nitrogen and oxygen atoms in total. The predicted octanol–water partition coefficient (Wildman–Crippen LogP) is 2.14. The van der Waals surface area contributed by atoms with E-state index in [1.807, 2.05) is 12.1 Å². The highest BCUT2D eigenvalue weighted by Gasteiger charge is 2.19. The topological polar surface area (TPSA) is 67.8 Å². The van der Waals surface area contributed by atoms with Crippen molar-refractivity contribution in [2.75, 3.05) is 14.2 Å². The van der Waals surface area contributed by atoms with Crippen molar-refractivity contribution in [2.45, 2.75) is 37.8 Å². The van der Waals surface area contributed by atoms with Gasteiger partial charge in [-0.25, -0.2) is 0 Å². The van der Waals surface area contributed by atoms with E-state index in [1.54, 1.807) is 26.4 Å². The van der Waals surface area contributed by atoms with Crippen LogP contribution in [0.5, 0.6) is 11.5 Å². The SMILES string of the molecule is COc1ccc(C=CC(=O)NC2CCC(O)CC2)cc1OC. The summed E-state index contributed by atoms with van der Waals surface area (Å²) in [4.78, 5) is 11.9. The highest BCUT2D eigenvalue weighted by Crippen LogP contribution is 2.28. The third-order valence-corrected chi connectivity index (χ3v) is 3.88. The van der Waals surface area contributed by atoms with Gasteiger partial charge in [0.1, 0.15) is 0 Å². The normalized spacial score (nSPS) is 21.6. The lowest BCUT2D eigenvalue weighted by molar-refractivity contribution is -0.117. The predicted molar refractivity (Wildman–Crippen MR) is 85.0 cm³/mol. The first-order chi connectivity index (χ1) is 10.6. The number of aliphatic hydroxyl groups is 1. The molecule has 1 aromatic rings. The lowest BCUT2D eigenvalue weighted by Crippen LogP contribution is -2.37. The van der Waals surface area contributed by atoms with E-state index < -0.39 is 0 Å². The zero-order valence-corrected chi connectivity index (χ0v) is 13.0. The second kappa shape index (κ2) is 7.84. The van der Waals surface area contributed by atoms with Gasteiger partial charge in [-0.1, -0.05) is 6.07 Å². The van der Waals surface area contributed by atoms with Gasteiger partial charge in [0.15, 0.2) is 11.5 Å². The smallest absolute Gasteiger partial charge is 0.244 e. The Kier molecular flexibility index (Phi) is 5.83. The molecule has 0 aliphatic heterocycles. The molecule has 1 aromatic carbocycles. The Balaban J connectivity index is 1.92. The number of hydrogen-bond acceptors (Lipinski definition) is 4. The summed E-state index contributed by atoms with van der Waals surface area (Å²) in [6, 6.07) is 5.65. The van der Waals surface area contributed by atoms with Crippen LogP contribution in [0.15, 0.2) is 24.3 Å². The van der Waals surface area contributed by atoms with Gasteiger partial charge in [-0.2, -0.15) is 0 Å². The summed E-state index contributed by atoms with van der Waals surface area (Å²) in [5.41, 5.74) is 0.867. The Bertz CT molecular complexity index is 533. The Morgan fingerprint density at radius 1 is 1.18 bits per heavy atom. The summed E-state index contributed by atoms with van der Waals surface area (Å²) >= 11 is 0. The van der Waals surface area contributed by atoms with Gasteiger partial charge in [-0.05, 0) is 49.5 Å². The monoisotopic (exact) mass is 305 g/mol. The van der Waals surface area contributed by atoms with Crippen LogP contribution in [0.2, 0.25) is 0 Å². The van der Waals surface area contributed by atoms with E-state index in [9.17, 15) is 9.90 Å². The summed E-state index contributed by atoms with van der Waals surface area (Å²) < 4.78 is 10.4. The number of aliphatic hydroxyl groups excluding tert-OH is 1. The Morgan fingerprint density at radius 2 is 1.86 bits per heavy atom. The second-order valence-corrected chi connectivity index (χ2v) is 5.46. The highest BCUT2D eigenvalue weighted by atomic mass is 16.5. The fraction of sp³-hybridized carbons (Fsp3) is 0.471. The van der Waals surface area contributed by atoms with Crippen molar-refractivity contribution in [3.63, 3.8) is 0 Å². The molecular formula is C17H23NO4. The summed E-state index contributed by atoms with van der Waals surface area (Å²) in [7, 11) is 3.16. The van der Waals surface area contributed by atoms with Crippen LogP contribution in [0.3, 0.4) is 0 Å². The molecule has 1 saturated carbocycles. The lowest BCUT2D eigenvalue weighted by Gasteiger charge is -2.25. The van der Waals surface area contributed by atoms with Crippen LogP contribution >= 0.6 is 0 Å². The number of hydrogen-bond donors (Lipinski definition) is 2. The fourth-order valence-electron chi connectivity index (χ4n) is 2.60. The van der Waals surface area contributed by atoms with Gasteiger partial charge < -0.3 is 19.9 Å². The van der Waals surface area contributed by atoms with Crippen LogP contribution in [0.25, 0.3) is 6.08 Å². The number of carbonyl (C=O) groups is 1. The number of carbonyl (C=O) groups excluding carboxylic acids is 1. The summed E-state index contributed by atoms with van der Waals surface area (Å²) in [5.74, 6) is 1.17. The van der Waals surface area contributed by atoms with Gasteiger partial charge in [0.2, 0.25) is 5.91 Å². The molecule has 1 aliphatic carbocycles. The maximum atomic E-state index is 11.9. The van der Waals surface area contributed by atoms with E-state index in [1.165, 1.54) is 6.08 Å². The van der Waals surface area contributed by atoms with Crippen LogP contribution in [0.1, 0.15) is 31.2 Å². The standard InChI is InChI=1S/C17H23NO4/c1-21-15-9-3-12(11-16(15)22-2)4-10-17(20)18-13-5-7-14(19)8-6-13/h3-4,9-11,13-14,19H,5-8H2,1-2H3,(H,18,20). The quantitative estimate of drug-likeness (QED) is 0.818. The molecule has 2 rings (SSSR count). The summed E-state index contributed by atoms with van der Waals surface area (Å²) in [6.07, 6.45) is 6.22. The van der Waals surface area contributed by atoms with E-state index in [4.69, 9.17) is 9.47 Å². The Hall–Kier alpha value is -2.01. The number of nitrogens with one attached hydrogen (secondary N) is 1. The maximum Gasteiger partial charge on any atom is 0.244 e. The molecule has 0 bridgehead atoms. The molecule has 22 heavy (non-hydrogen) atoms. The first kappa shape index (κ1) is 16.4. The van der Waals surface area contributed by atoms with Gasteiger partial charge in [0, 0.05) is 12.1 Å². The highest BCUT2D eigenvalue weighted by molar-refractivity contribution is 5.92. The van der Waals surface area contributed by atoms with E-state index in [2.05, 4.69) is 5.32 Å². The van der Waals surface area contributed by atoms with Gasteiger partial charge in [-0.15, -0.1) is 0 Å². The molecule has 1 aliphatic rings. The molecule has 0 spiro atoms. The molecule has 0 aromatic heterocycles. The average molecular weight is 305 g/mol. The molecule has 2 N–H and O–H groups in total. The number of methoxy groups -OCH3 is 2. The lowest BCUT2D eigenvalue weighted by atomic mass is 9.93. The minimum Gasteiger partial charge on any atom is -0.493 e. The van der Waals surface area contributed by atoms with Crippen LogP contribution in [-0.2, 0) is 4.79 Å². The number of ether oxygens (including phenoxy) is 2. The van der Waals surface area contributed by atoms with Crippen LogP contribution < -0.4 is 14.8 Å². The molecule has 0 unspecified atom stereocenters. The van der Waals surface area contributed by atoms with Crippen molar-refractivity contribution in [1.82, 2.24) is 5.32 Å². The van der Waals surface area contributed by atoms with E-state index >= 15 is 0 Å². The van der Waals surface area contributed by atoms with E-state index in [0.29, 0.717) is 11.5 Å². The summed E-state index contributed by atoms with van der Waals surface area (Å²) in [6.45, 7) is 0. The van der Waals surface area contributed by atoms with Crippen molar-refractivity contribution in [3.05, 3.63) is 29.8 Å². The maximum absolute atomic E-state index is 11.9. The third kappa shape index (κ3) is 4.49. The van der Waals surface area contributed by atoms with Crippen molar-refractivity contribution < 1.29 is 19.4 Å². The second-order valence-electron chi connectivity index (χ2n) is 5.46. The van der Waals surface area contributed by atoms with Crippen molar-refractivity contribution in [2.24, 2.45) is 0 Å². The molecule has 0 atom stereocenters. The van der Waals surface area contributed by atoms with Crippen LogP contribution in [-0.4, -0.2) is 37.4 Å². The molecule has 120 valence electrons. The Labute approximate surface area is 130 Å². The van der Waals surface area contributed by atoms with Crippen LogP contribution in [0, 0.1) is 0 Å². The van der Waals surface area contributed by atoms with Gasteiger partial charge in [0.05, 0.1) is 20.3 Å². The number of benzene rings is 1. The van der Waals surface area contributed by atoms with E-state index in [0.717, 1.165) is 31.2 Å². The molecule has 1 fully saturated rings. The Morgan fingerprint density at radius 3 is 2.50 bits per heavy atom. The first-order valence-electron chi connectivity index (χ1n) is 7.51. The fourth-order valence-corrected chi connectivity index (χ4v) is 2.60. The third-order valence-electron chi connectivity index (χ3n) is 3.88. The van der Waals surface area contributed by atoms with Crippen molar-refractivity contribution in [3.8, 4) is 11.5 Å². The van der Waals surface area contributed by atoms with Gasteiger partial charge >= 0.3 is 0 Å². The van der Waals surface area contributed by atoms with E-state index in [-0.39, 0.29) is 18.1 Å². The van der Waals surface area contributed by atoms with Crippen molar-refractivity contribution in [1.29, 1.82) is 0 Å².